The predicted molar refractivity (Wildman–Crippen MR) is 101 cm³/mol. The monoisotopic (exact) mass is 369 g/mol. The molecule has 2 heterocycles. The van der Waals surface area contributed by atoms with Crippen LogP contribution in [-0.2, 0) is 20.0 Å². The minimum atomic E-state index is -0.439. The molecule has 0 radical (unpaired) electrons. The first kappa shape index (κ1) is 18.7. The van der Waals surface area contributed by atoms with Crippen LogP contribution in [0.4, 0.5) is 4.39 Å². The maximum Gasteiger partial charge on any atom is 0.265 e. The minimum Gasteiger partial charge on any atom is -0.493 e. The molecule has 0 aliphatic rings. The van der Waals surface area contributed by atoms with Crippen molar-refractivity contribution in [3.8, 4) is 5.75 Å². The molecule has 0 aliphatic heterocycles. The smallest absolute Gasteiger partial charge is 0.265 e. The van der Waals surface area contributed by atoms with Gasteiger partial charge in [0.25, 0.3) is 5.56 Å². The molecule has 0 saturated heterocycles. The molecule has 7 heteroatoms. The summed E-state index contributed by atoms with van der Waals surface area (Å²) >= 11 is 0. The van der Waals surface area contributed by atoms with Crippen LogP contribution in [0.2, 0.25) is 0 Å². The number of aryl methyl sites for hydroxylation is 1. The molecule has 0 bridgehead atoms. The second kappa shape index (κ2) is 7.67. The Labute approximate surface area is 155 Å². The third kappa shape index (κ3) is 3.46. The van der Waals surface area contributed by atoms with Crippen molar-refractivity contribution in [1.29, 1.82) is 0 Å². The first-order chi connectivity index (χ1) is 13.0. The fourth-order valence-electron chi connectivity index (χ4n) is 3.19. The molecule has 0 atom stereocenters. The summed E-state index contributed by atoms with van der Waals surface area (Å²) in [6, 6.07) is 6.53. The van der Waals surface area contributed by atoms with E-state index >= 15 is 0 Å². The molecule has 3 rings (SSSR count). The molecule has 140 valence electrons. The highest BCUT2D eigenvalue weighted by Crippen LogP contribution is 2.26. The molecule has 27 heavy (non-hydrogen) atoms. The van der Waals surface area contributed by atoms with E-state index in [9.17, 15) is 14.0 Å². The number of nitrogens with one attached hydrogen (secondary N) is 1. The summed E-state index contributed by atoms with van der Waals surface area (Å²) in [6.45, 7) is 0.545. The lowest BCUT2D eigenvalue weighted by molar-refractivity contribution is 0.111. The average Bonchev–Trinajstić information content (AvgIpc) is 2.67. The maximum atomic E-state index is 13.5. The van der Waals surface area contributed by atoms with Crippen molar-refractivity contribution >= 4 is 17.3 Å². The summed E-state index contributed by atoms with van der Waals surface area (Å²) in [5.74, 6) is -0.110. The second-order valence-electron chi connectivity index (χ2n) is 6.26. The molecule has 2 aromatic heterocycles. The lowest BCUT2D eigenvalue weighted by atomic mass is 10.00. The highest BCUT2D eigenvalue weighted by atomic mass is 19.1. The van der Waals surface area contributed by atoms with Crippen molar-refractivity contribution in [2.75, 3.05) is 14.2 Å². The number of aldehydes is 1. The summed E-state index contributed by atoms with van der Waals surface area (Å²) < 4.78 is 20.2. The fourth-order valence-corrected chi connectivity index (χ4v) is 3.19. The predicted octanol–water partition coefficient (Wildman–Crippen LogP) is 2.20. The zero-order valence-corrected chi connectivity index (χ0v) is 15.4. The van der Waals surface area contributed by atoms with E-state index in [0.717, 1.165) is 16.7 Å². The van der Waals surface area contributed by atoms with Gasteiger partial charge in [-0.2, -0.15) is 0 Å². The third-order valence-corrected chi connectivity index (χ3v) is 4.53. The molecule has 1 N–H and O–H groups in total. The quantitative estimate of drug-likeness (QED) is 0.675. The molecular formula is C20H20FN3O3. The minimum absolute atomic E-state index is 0.0532. The van der Waals surface area contributed by atoms with Crippen molar-refractivity contribution < 1.29 is 13.9 Å². The van der Waals surface area contributed by atoms with Crippen molar-refractivity contribution in [2.45, 2.75) is 13.0 Å². The number of carbonyl (C=O) groups is 1. The summed E-state index contributed by atoms with van der Waals surface area (Å²) in [5.41, 5.74) is 3.21. The number of pyridine rings is 2. The van der Waals surface area contributed by atoms with Crippen LogP contribution >= 0.6 is 0 Å². The average molecular weight is 369 g/mol. The standard InChI is InChI=1S/C20H20FN3O3/c1-22-10-14-8-15(21)5-4-13(14)6-12-7-17-18(23-9-12)19(27-3)16(11-25)20(26)24(17)2/h4-5,7-9,11,22H,6,10H2,1-3H3. The SMILES string of the molecule is CNCc1cc(F)ccc1Cc1cnc2c(OC)c(C=O)c(=O)n(C)c2c1. The van der Waals surface area contributed by atoms with E-state index < -0.39 is 5.56 Å². The Kier molecular flexibility index (Phi) is 5.32. The van der Waals surface area contributed by atoms with Gasteiger partial charge in [-0.3, -0.25) is 14.6 Å². The molecular weight excluding hydrogens is 349 g/mol. The number of halogens is 1. The summed E-state index contributed by atoms with van der Waals surface area (Å²) in [6.07, 6.45) is 2.70. The summed E-state index contributed by atoms with van der Waals surface area (Å²) in [7, 11) is 4.80. The van der Waals surface area contributed by atoms with E-state index in [0.29, 0.717) is 30.3 Å². The normalized spacial score (nSPS) is 11.0. The first-order valence-corrected chi connectivity index (χ1v) is 8.42. The zero-order chi connectivity index (χ0) is 19.6. The number of nitrogens with zero attached hydrogens (tertiary/aromatic N) is 2. The van der Waals surface area contributed by atoms with E-state index in [1.165, 1.54) is 23.8 Å². The molecule has 1 aromatic carbocycles. The van der Waals surface area contributed by atoms with Gasteiger partial charge in [-0.1, -0.05) is 6.07 Å². The van der Waals surface area contributed by atoms with E-state index in [4.69, 9.17) is 4.74 Å². The lowest BCUT2D eigenvalue weighted by Crippen LogP contribution is -2.22. The number of hydrogen-bond donors (Lipinski definition) is 1. The molecule has 0 amide bonds. The number of carbonyl (C=O) groups excluding carboxylic acids is 1. The van der Waals surface area contributed by atoms with Gasteiger partial charge in [0, 0.05) is 19.8 Å². The van der Waals surface area contributed by atoms with Crippen molar-refractivity contribution in [2.24, 2.45) is 7.05 Å². The van der Waals surface area contributed by atoms with Crippen LogP contribution in [-0.4, -0.2) is 30.0 Å². The largest absolute Gasteiger partial charge is 0.493 e. The number of rotatable bonds is 6. The van der Waals surface area contributed by atoms with Gasteiger partial charge in [-0.05, 0) is 48.4 Å². The number of aromatic nitrogens is 2. The molecule has 3 aromatic rings. The van der Waals surface area contributed by atoms with E-state index in [2.05, 4.69) is 10.3 Å². The zero-order valence-electron chi connectivity index (χ0n) is 15.4. The number of ether oxygens (including phenoxy) is 1. The lowest BCUT2D eigenvalue weighted by Gasteiger charge is -2.13. The molecule has 0 saturated carbocycles. The molecule has 0 fully saturated rings. The van der Waals surface area contributed by atoms with E-state index in [1.54, 1.807) is 26.4 Å². The van der Waals surface area contributed by atoms with Crippen molar-refractivity contribution in [1.82, 2.24) is 14.9 Å². The highest BCUT2D eigenvalue weighted by Gasteiger charge is 2.17. The highest BCUT2D eigenvalue weighted by molar-refractivity contribution is 5.91. The Morgan fingerprint density at radius 2 is 2.07 bits per heavy atom. The second-order valence-corrected chi connectivity index (χ2v) is 6.26. The Morgan fingerprint density at radius 1 is 1.30 bits per heavy atom. The van der Waals surface area contributed by atoms with Gasteiger partial charge in [0.1, 0.15) is 16.9 Å². The van der Waals surface area contributed by atoms with Crippen LogP contribution in [0.3, 0.4) is 0 Å². The summed E-state index contributed by atoms with van der Waals surface area (Å²) in [4.78, 5) is 28.1. The van der Waals surface area contributed by atoms with Gasteiger partial charge in [-0.25, -0.2) is 4.39 Å². The number of fused-ring (bicyclic) bond motifs is 1. The number of hydrogen-bond acceptors (Lipinski definition) is 5. The van der Waals surface area contributed by atoms with Crippen molar-refractivity contribution in [3.63, 3.8) is 0 Å². The Hall–Kier alpha value is -3.06. The van der Waals surface area contributed by atoms with Crippen LogP contribution in [0.25, 0.3) is 11.0 Å². The first-order valence-electron chi connectivity index (χ1n) is 8.42. The van der Waals surface area contributed by atoms with Gasteiger partial charge in [-0.15, -0.1) is 0 Å². The van der Waals surface area contributed by atoms with Gasteiger partial charge in [0.05, 0.1) is 12.6 Å². The van der Waals surface area contributed by atoms with Crippen LogP contribution in [0.15, 0.2) is 35.3 Å². The molecule has 0 aliphatic carbocycles. The van der Waals surface area contributed by atoms with Gasteiger partial charge in [0.15, 0.2) is 12.0 Å². The Morgan fingerprint density at radius 3 is 2.74 bits per heavy atom. The van der Waals surface area contributed by atoms with Crippen LogP contribution in [0.1, 0.15) is 27.0 Å². The maximum absolute atomic E-state index is 13.5. The Bertz CT molecular complexity index is 1080. The number of benzene rings is 1. The topological polar surface area (TPSA) is 73.2 Å². The third-order valence-electron chi connectivity index (χ3n) is 4.53. The Balaban J connectivity index is 2.12. The fraction of sp³-hybridized carbons (Fsp3) is 0.250. The molecule has 0 spiro atoms. The molecule has 6 nitrogen and oxygen atoms in total. The molecule has 0 unspecified atom stereocenters. The van der Waals surface area contributed by atoms with E-state index in [1.807, 2.05) is 6.07 Å². The van der Waals surface area contributed by atoms with E-state index in [-0.39, 0.29) is 17.1 Å². The van der Waals surface area contributed by atoms with Crippen molar-refractivity contribution in [3.05, 3.63) is 68.9 Å². The number of methoxy groups -OCH3 is 1. The summed E-state index contributed by atoms with van der Waals surface area (Å²) in [5, 5.41) is 3.03. The van der Waals surface area contributed by atoms with Crippen LogP contribution in [0, 0.1) is 5.82 Å². The van der Waals surface area contributed by atoms with Gasteiger partial charge in [0.2, 0.25) is 0 Å². The van der Waals surface area contributed by atoms with Crippen LogP contribution in [0.5, 0.6) is 5.75 Å². The van der Waals surface area contributed by atoms with Crippen LogP contribution < -0.4 is 15.6 Å². The van der Waals surface area contributed by atoms with Gasteiger partial charge < -0.3 is 14.6 Å². The van der Waals surface area contributed by atoms with Gasteiger partial charge >= 0.3 is 0 Å².